The predicted octanol–water partition coefficient (Wildman–Crippen LogP) is 6.09. The first-order valence-corrected chi connectivity index (χ1v) is 13.5. The van der Waals surface area contributed by atoms with Gasteiger partial charge in [-0.25, -0.2) is 4.98 Å². The van der Waals surface area contributed by atoms with Gasteiger partial charge >= 0.3 is 0 Å². The van der Waals surface area contributed by atoms with Crippen molar-refractivity contribution in [3.8, 4) is 5.88 Å². The number of carbonyl (C=O) groups excluding carboxylic acids is 1. The van der Waals surface area contributed by atoms with E-state index in [0.29, 0.717) is 24.8 Å². The van der Waals surface area contributed by atoms with Gasteiger partial charge in [-0.2, -0.15) is 0 Å². The summed E-state index contributed by atoms with van der Waals surface area (Å²) >= 11 is 1.88. The van der Waals surface area contributed by atoms with Crippen LogP contribution in [0, 0.1) is 5.41 Å². The molecule has 0 spiro atoms. The lowest BCUT2D eigenvalue weighted by Crippen LogP contribution is -2.51. The minimum absolute atomic E-state index is 0.00380. The highest BCUT2D eigenvalue weighted by Gasteiger charge is 2.29. The van der Waals surface area contributed by atoms with Crippen LogP contribution < -0.4 is 15.4 Å². The molecule has 1 amide bonds. The molecule has 37 heavy (non-hydrogen) atoms. The Balaban J connectivity index is 2.19. The molecule has 0 radical (unpaired) electrons. The number of thioether (sulfide) groups is 1. The van der Waals surface area contributed by atoms with Gasteiger partial charge in [0.1, 0.15) is 0 Å². The maximum Gasteiger partial charge on any atom is 0.223 e. The molecular formula is C29H41N5O2S. The fourth-order valence-corrected chi connectivity index (χ4v) is 5.53. The molecular weight excluding hydrogens is 482 g/mol. The largest absolute Gasteiger partial charge is 0.481 e. The number of carbonyl (C=O) groups is 1. The Kier molecular flexibility index (Phi) is 8.63. The van der Waals surface area contributed by atoms with Crippen molar-refractivity contribution in [1.82, 2.24) is 20.2 Å². The van der Waals surface area contributed by atoms with E-state index in [-0.39, 0.29) is 16.6 Å². The van der Waals surface area contributed by atoms with Gasteiger partial charge in [-0.15, -0.1) is 11.8 Å². The number of guanidine groups is 1. The Morgan fingerprint density at radius 2 is 1.86 bits per heavy atom. The molecule has 7 nitrogen and oxygen atoms in total. The zero-order valence-corrected chi connectivity index (χ0v) is 24.4. The van der Waals surface area contributed by atoms with Crippen LogP contribution in [-0.2, 0) is 17.8 Å². The highest BCUT2D eigenvalue weighted by Crippen LogP contribution is 2.43. The summed E-state index contributed by atoms with van der Waals surface area (Å²) < 4.78 is 7.64. The molecule has 2 aromatic heterocycles. The average Bonchev–Trinajstić information content (AvgIpc) is 3.03. The highest BCUT2D eigenvalue weighted by atomic mass is 32.2. The second-order valence-corrected chi connectivity index (χ2v) is 13.3. The van der Waals surface area contributed by atoms with Crippen LogP contribution in [0.3, 0.4) is 0 Å². The number of benzene rings is 1. The van der Waals surface area contributed by atoms with Crippen LogP contribution >= 0.6 is 11.8 Å². The average molecular weight is 524 g/mol. The van der Waals surface area contributed by atoms with Gasteiger partial charge in [0.15, 0.2) is 5.96 Å². The highest BCUT2D eigenvalue weighted by molar-refractivity contribution is 8.00. The van der Waals surface area contributed by atoms with Crippen molar-refractivity contribution >= 4 is 34.5 Å². The molecule has 0 saturated carbocycles. The molecule has 0 atom stereocenters. The summed E-state index contributed by atoms with van der Waals surface area (Å²) in [5.41, 5.74) is 4.27. The van der Waals surface area contributed by atoms with Crippen LogP contribution in [-0.4, -0.2) is 38.8 Å². The number of amides is 1. The number of rotatable bonds is 8. The number of ether oxygens (including phenoxy) is 1. The summed E-state index contributed by atoms with van der Waals surface area (Å²) in [6.07, 6.45) is 2.52. The van der Waals surface area contributed by atoms with Crippen molar-refractivity contribution in [3.05, 3.63) is 53.3 Å². The van der Waals surface area contributed by atoms with E-state index in [1.807, 2.05) is 24.0 Å². The quantitative estimate of drug-likeness (QED) is 0.189. The van der Waals surface area contributed by atoms with Crippen LogP contribution in [0.4, 0.5) is 0 Å². The number of hydrogen-bond donors (Lipinski definition) is 3. The van der Waals surface area contributed by atoms with Crippen molar-refractivity contribution in [1.29, 1.82) is 5.41 Å². The summed E-state index contributed by atoms with van der Waals surface area (Å²) in [6.45, 7) is 17.3. The monoisotopic (exact) mass is 523 g/mol. The fraction of sp³-hybridized carbons (Fsp3) is 0.483. The van der Waals surface area contributed by atoms with E-state index >= 15 is 0 Å². The Morgan fingerprint density at radius 3 is 2.41 bits per heavy atom. The topological polar surface area (TPSA) is 92.0 Å². The van der Waals surface area contributed by atoms with Crippen molar-refractivity contribution in [2.24, 2.45) is 0 Å². The minimum atomic E-state index is -0.488. The molecule has 8 heteroatoms. The fourth-order valence-electron chi connectivity index (χ4n) is 4.35. The Morgan fingerprint density at radius 1 is 1.16 bits per heavy atom. The Bertz CT molecular complexity index is 1270. The molecule has 200 valence electrons. The van der Waals surface area contributed by atoms with Gasteiger partial charge in [-0.05, 0) is 43.0 Å². The molecule has 0 fully saturated rings. The molecule has 0 aliphatic rings. The van der Waals surface area contributed by atoms with Gasteiger partial charge in [0, 0.05) is 63.9 Å². The second kappa shape index (κ2) is 11.2. The normalized spacial score (nSPS) is 12.2. The van der Waals surface area contributed by atoms with Gasteiger partial charge in [-0.1, -0.05) is 46.8 Å². The van der Waals surface area contributed by atoms with E-state index in [4.69, 9.17) is 10.1 Å². The Labute approximate surface area is 225 Å². The van der Waals surface area contributed by atoms with Gasteiger partial charge < -0.3 is 14.6 Å². The van der Waals surface area contributed by atoms with E-state index in [2.05, 4.69) is 92.9 Å². The lowest BCUT2D eigenvalue weighted by Gasteiger charge is -2.29. The summed E-state index contributed by atoms with van der Waals surface area (Å²) in [5, 5.41) is 15.2. The van der Waals surface area contributed by atoms with E-state index in [0.717, 1.165) is 5.56 Å². The van der Waals surface area contributed by atoms with E-state index in [1.165, 1.54) is 34.0 Å². The number of methoxy groups -OCH3 is 1. The van der Waals surface area contributed by atoms with Crippen molar-refractivity contribution in [2.75, 3.05) is 7.11 Å². The predicted molar refractivity (Wildman–Crippen MR) is 154 cm³/mol. The molecule has 0 aliphatic carbocycles. The molecule has 3 aromatic rings. The third-order valence-electron chi connectivity index (χ3n) is 5.94. The van der Waals surface area contributed by atoms with Crippen LogP contribution in [0.2, 0.25) is 0 Å². The molecule has 0 unspecified atom stereocenters. The molecule has 0 saturated heterocycles. The van der Waals surface area contributed by atoms with E-state index < -0.39 is 5.54 Å². The number of aromatic nitrogens is 2. The van der Waals surface area contributed by atoms with Crippen molar-refractivity contribution in [3.63, 3.8) is 0 Å². The maximum absolute atomic E-state index is 11.5. The SMILES string of the molecule is COc1ccc(Cn2c(CC(C)(C)NC(=N)NC(C)=O)c(SC(C)(C)C)c3cc(C(C)C)ccc32)cn1. The van der Waals surface area contributed by atoms with Gasteiger partial charge in [-0.3, -0.25) is 15.5 Å². The lowest BCUT2D eigenvalue weighted by molar-refractivity contribution is -0.117. The summed E-state index contributed by atoms with van der Waals surface area (Å²) in [5.74, 6) is 0.755. The first-order chi connectivity index (χ1) is 17.2. The lowest BCUT2D eigenvalue weighted by atomic mass is 9.98. The van der Waals surface area contributed by atoms with Crippen LogP contribution in [0.15, 0.2) is 41.4 Å². The summed E-state index contributed by atoms with van der Waals surface area (Å²) in [6, 6.07) is 10.7. The van der Waals surface area contributed by atoms with Gasteiger partial charge in [0.05, 0.1) is 7.11 Å². The number of hydrogen-bond acceptors (Lipinski definition) is 5. The zero-order chi connectivity index (χ0) is 27.5. The number of pyridine rings is 1. The molecule has 0 bridgehead atoms. The first-order valence-electron chi connectivity index (χ1n) is 12.7. The van der Waals surface area contributed by atoms with Crippen molar-refractivity contribution < 1.29 is 9.53 Å². The molecule has 3 N–H and O–H groups in total. The maximum atomic E-state index is 11.5. The van der Waals surface area contributed by atoms with Crippen molar-refractivity contribution in [2.45, 2.75) is 89.5 Å². The number of nitrogens with one attached hydrogen (secondary N) is 3. The number of fused-ring (bicyclic) bond motifs is 1. The van der Waals surface area contributed by atoms with Gasteiger partial charge in [0.2, 0.25) is 11.8 Å². The standard InChI is InChI=1S/C29H41N5O2S/c1-18(2)21-11-12-23-22(14-21)26(37-28(4,5)6)24(15-29(7,8)33-27(30)32-19(3)35)34(23)17-20-10-13-25(36-9)31-16-20/h10-14,16,18H,15,17H2,1-9H3,(H3,30,32,33,35). The first kappa shape index (κ1) is 28.6. The third-order valence-corrected chi connectivity index (χ3v) is 7.21. The molecule has 1 aromatic carbocycles. The molecule has 3 rings (SSSR count). The van der Waals surface area contributed by atoms with Crippen LogP contribution in [0.5, 0.6) is 5.88 Å². The number of nitrogens with zero attached hydrogens (tertiary/aromatic N) is 2. The summed E-state index contributed by atoms with van der Waals surface area (Å²) in [7, 11) is 1.62. The Hall–Kier alpha value is -3.00. The van der Waals surface area contributed by atoms with E-state index in [1.54, 1.807) is 7.11 Å². The third kappa shape index (κ3) is 7.51. The second-order valence-electron chi connectivity index (χ2n) is 11.5. The van der Waals surface area contributed by atoms with Crippen LogP contribution in [0.25, 0.3) is 10.9 Å². The van der Waals surface area contributed by atoms with Gasteiger partial charge in [0.25, 0.3) is 0 Å². The molecule has 2 heterocycles. The molecule has 0 aliphatic heterocycles. The van der Waals surface area contributed by atoms with Crippen LogP contribution in [0.1, 0.15) is 78.1 Å². The zero-order valence-electron chi connectivity index (χ0n) is 23.6. The summed E-state index contributed by atoms with van der Waals surface area (Å²) in [4.78, 5) is 17.2. The van der Waals surface area contributed by atoms with E-state index in [9.17, 15) is 4.79 Å². The smallest absolute Gasteiger partial charge is 0.223 e. The minimum Gasteiger partial charge on any atom is -0.481 e.